The molecule has 0 aliphatic heterocycles. The van der Waals surface area contributed by atoms with Crippen LogP contribution in [0.3, 0.4) is 0 Å². The highest BCUT2D eigenvalue weighted by Crippen LogP contribution is 2.32. The predicted octanol–water partition coefficient (Wildman–Crippen LogP) is 4.26. The first-order valence-corrected chi connectivity index (χ1v) is 7.26. The molecule has 0 fully saturated rings. The van der Waals surface area contributed by atoms with Gasteiger partial charge in [-0.05, 0) is 36.1 Å². The van der Waals surface area contributed by atoms with Gasteiger partial charge in [-0.15, -0.1) is 0 Å². The van der Waals surface area contributed by atoms with Crippen molar-refractivity contribution in [1.82, 2.24) is 0 Å². The summed E-state index contributed by atoms with van der Waals surface area (Å²) in [4.78, 5) is 0. The smallest absolute Gasteiger partial charge is 0.133 e. The van der Waals surface area contributed by atoms with Gasteiger partial charge in [-0.1, -0.05) is 43.7 Å². The quantitative estimate of drug-likeness (QED) is 0.860. The molecular formula is C18H21FO2. The van der Waals surface area contributed by atoms with Crippen molar-refractivity contribution in [2.45, 2.75) is 32.3 Å². The van der Waals surface area contributed by atoms with Crippen molar-refractivity contribution in [2.75, 3.05) is 7.11 Å². The van der Waals surface area contributed by atoms with E-state index in [2.05, 4.69) is 6.92 Å². The Balaban J connectivity index is 2.26. The zero-order valence-corrected chi connectivity index (χ0v) is 12.5. The van der Waals surface area contributed by atoms with E-state index in [-0.39, 0.29) is 5.56 Å². The van der Waals surface area contributed by atoms with Crippen LogP contribution >= 0.6 is 0 Å². The maximum atomic E-state index is 14.0. The third-order valence-electron chi connectivity index (χ3n) is 3.62. The van der Waals surface area contributed by atoms with Crippen LogP contribution in [-0.2, 0) is 6.42 Å². The lowest BCUT2D eigenvalue weighted by Crippen LogP contribution is -2.05. The molecule has 1 N–H and O–H groups in total. The Morgan fingerprint density at radius 1 is 1.14 bits per heavy atom. The van der Waals surface area contributed by atoms with Gasteiger partial charge in [-0.3, -0.25) is 0 Å². The summed E-state index contributed by atoms with van der Waals surface area (Å²) < 4.78 is 19.1. The van der Waals surface area contributed by atoms with Gasteiger partial charge in [0.1, 0.15) is 17.7 Å². The Labute approximate surface area is 125 Å². The zero-order valence-electron chi connectivity index (χ0n) is 12.5. The van der Waals surface area contributed by atoms with E-state index in [0.29, 0.717) is 11.3 Å². The molecule has 0 spiro atoms. The van der Waals surface area contributed by atoms with Crippen LogP contribution in [0.5, 0.6) is 5.75 Å². The first kappa shape index (κ1) is 15.5. The van der Waals surface area contributed by atoms with Gasteiger partial charge in [0, 0.05) is 0 Å². The van der Waals surface area contributed by atoms with Crippen molar-refractivity contribution in [3.63, 3.8) is 0 Å². The van der Waals surface area contributed by atoms with Gasteiger partial charge in [0.15, 0.2) is 0 Å². The topological polar surface area (TPSA) is 29.5 Å². The molecule has 0 aromatic heterocycles. The highest BCUT2D eigenvalue weighted by Gasteiger charge is 2.19. The molecule has 0 radical (unpaired) electrons. The molecule has 2 aromatic carbocycles. The largest absolute Gasteiger partial charge is 0.496 e. The number of hydrogen-bond donors (Lipinski definition) is 1. The van der Waals surface area contributed by atoms with E-state index in [1.165, 1.54) is 18.7 Å². The standard InChI is InChI=1S/C18H21FO2/c1-3-4-6-13-9-11-14(12-10-13)18(20)17-15(19)7-5-8-16(17)21-2/h5,7-12,18,20H,3-4,6H2,1-2H3. The van der Waals surface area contributed by atoms with E-state index in [9.17, 15) is 9.50 Å². The number of aliphatic hydroxyl groups excluding tert-OH is 1. The lowest BCUT2D eigenvalue weighted by Gasteiger charge is -2.16. The minimum Gasteiger partial charge on any atom is -0.496 e. The van der Waals surface area contributed by atoms with E-state index in [1.54, 1.807) is 12.1 Å². The number of benzene rings is 2. The summed E-state index contributed by atoms with van der Waals surface area (Å²) in [6.07, 6.45) is 2.29. The van der Waals surface area contributed by atoms with Gasteiger partial charge in [-0.2, -0.15) is 0 Å². The number of ether oxygens (including phenoxy) is 1. The molecule has 2 aromatic rings. The van der Waals surface area contributed by atoms with E-state index in [0.717, 1.165) is 19.3 Å². The van der Waals surface area contributed by atoms with Crippen LogP contribution in [0, 0.1) is 5.82 Å². The van der Waals surface area contributed by atoms with E-state index < -0.39 is 11.9 Å². The molecule has 1 unspecified atom stereocenters. The number of aliphatic hydroxyl groups is 1. The van der Waals surface area contributed by atoms with Crippen molar-refractivity contribution < 1.29 is 14.2 Å². The van der Waals surface area contributed by atoms with Crippen LogP contribution in [0.1, 0.15) is 42.6 Å². The maximum absolute atomic E-state index is 14.0. The van der Waals surface area contributed by atoms with E-state index in [4.69, 9.17) is 4.74 Å². The second kappa shape index (κ2) is 7.23. The summed E-state index contributed by atoms with van der Waals surface area (Å²) in [6, 6.07) is 12.2. The fourth-order valence-corrected chi connectivity index (χ4v) is 2.37. The van der Waals surface area contributed by atoms with Crippen molar-refractivity contribution in [2.24, 2.45) is 0 Å². The number of hydrogen-bond acceptors (Lipinski definition) is 2. The first-order chi connectivity index (χ1) is 10.2. The summed E-state index contributed by atoms with van der Waals surface area (Å²) in [5.41, 5.74) is 2.08. The van der Waals surface area contributed by atoms with Crippen molar-refractivity contribution in [1.29, 1.82) is 0 Å². The number of aryl methyl sites for hydroxylation is 1. The van der Waals surface area contributed by atoms with Crippen LogP contribution in [0.25, 0.3) is 0 Å². The molecule has 0 amide bonds. The molecular weight excluding hydrogens is 267 g/mol. The highest BCUT2D eigenvalue weighted by atomic mass is 19.1. The lowest BCUT2D eigenvalue weighted by atomic mass is 9.98. The van der Waals surface area contributed by atoms with Gasteiger partial charge in [0.2, 0.25) is 0 Å². The van der Waals surface area contributed by atoms with Crippen LogP contribution in [0.2, 0.25) is 0 Å². The Morgan fingerprint density at radius 3 is 2.48 bits per heavy atom. The number of unbranched alkanes of at least 4 members (excludes halogenated alkanes) is 1. The molecule has 0 saturated heterocycles. The molecule has 0 bridgehead atoms. The summed E-state index contributed by atoms with van der Waals surface area (Å²) in [5, 5.41) is 10.4. The molecule has 0 saturated carbocycles. The third-order valence-corrected chi connectivity index (χ3v) is 3.62. The van der Waals surface area contributed by atoms with Gasteiger partial charge in [0.25, 0.3) is 0 Å². The average molecular weight is 288 g/mol. The van der Waals surface area contributed by atoms with Crippen LogP contribution < -0.4 is 4.74 Å². The molecule has 0 heterocycles. The maximum Gasteiger partial charge on any atom is 0.133 e. The summed E-state index contributed by atoms with van der Waals surface area (Å²) in [6.45, 7) is 2.16. The monoisotopic (exact) mass is 288 g/mol. The molecule has 0 aliphatic carbocycles. The minimum atomic E-state index is -1.03. The molecule has 3 heteroatoms. The fraction of sp³-hybridized carbons (Fsp3) is 0.333. The van der Waals surface area contributed by atoms with Crippen LogP contribution in [0.4, 0.5) is 4.39 Å². The fourth-order valence-electron chi connectivity index (χ4n) is 2.37. The van der Waals surface area contributed by atoms with Crippen molar-refractivity contribution in [3.8, 4) is 5.75 Å². The molecule has 21 heavy (non-hydrogen) atoms. The Bertz CT molecular complexity index is 578. The van der Waals surface area contributed by atoms with E-state index in [1.807, 2.05) is 24.3 Å². The van der Waals surface area contributed by atoms with Gasteiger partial charge in [-0.25, -0.2) is 4.39 Å². The third kappa shape index (κ3) is 3.61. The second-order valence-electron chi connectivity index (χ2n) is 5.10. The van der Waals surface area contributed by atoms with Crippen LogP contribution in [0.15, 0.2) is 42.5 Å². The Morgan fingerprint density at radius 2 is 1.86 bits per heavy atom. The number of rotatable bonds is 6. The molecule has 2 nitrogen and oxygen atoms in total. The predicted molar refractivity (Wildman–Crippen MR) is 82.1 cm³/mol. The van der Waals surface area contributed by atoms with Gasteiger partial charge >= 0.3 is 0 Å². The van der Waals surface area contributed by atoms with Crippen LogP contribution in [-0.4, -0.2) is 12.2 Å². The average Bonchev–Trinajstić information content (AvgIpc) is 2.52. The normalized spacial score (nSPS) is 12.2. The molecule has 0 aliphatic rings. The number of halogens is 1. The summed E-state index contributed by atoms with van der Waals surface area (Å²) in [5.74, 6) is -0.102. The molecule has 1 atom stereocenters. The highest BCUT2D eigenvalue weighted by molar-refractivity contribution is 5.41. The number of methoxy groups -OCH3 is 1. The van der Waals surface area contributed by atoms with Gasteiger partial charge in [0.05, 0.1) is 12.7 Å². The molecule has 2 rings (SSSR count). The van der Waals surface area contributed by atoms with Crippen molar-refractivity contribution in [3.05, 3.63) is 65.0 Å². The van der Waals surface area contributed by atoms with Gasteiger partial charge < -0.3 is 9.84 Å². The minimum absolute atomic E-state index is 0.182. The first-order valence-electron chi connectivity index (χ1n) is 7.26. The SMILES string of the molecule is CCCCc1ccc(C(O)c2c(F)cccc2OC)cc1. The summed E-state index contributed by atoms with van der Waals surface area (Å²) >= 11 is 0. The summed E-state index contributed by atoms with van der Waals surface area (Å²) in [7, 11) is 1.47. The zero-order chi connectivity index (χ0) is 15.2. The van der Waals surface area contributed by atoms with E-state index >= 15 is 0 Å². The Kier molecular flexibility index (Phi) is 5.34. The second-order valence-corrected chi connectivity index (χ2v) is 5.10. The Hall–Kier alpha value is -1.87. The lowest BCUT2D eigenvalue weighted by molar-refractivity contribution is 0.209. The van der Waals surface area contributed by atoms with Crippen molar-refractivity contribution >= 4 is 0 Å². The molecule has 112 valence electrons.